The minimum absolute atomic E-state index is 0.0173. The number of hydrogen-bond donors (Lipinski definition) is 3. The first kappa shape index (κ1) is 20.9. The lowest BCUT2D eigenvalue weighted by Gasteiger charge is -2.23. The molecule has 4 rings (SSSR count). The maximum absolute atomic E-state index is 13.2. The Bertz CT molecular complexity index is 1400. The predicted octanol–water partition coefficient (Wildman–Crippen LogP) is 2.27. The molecule has 9 nitrogen and oxygen atoms in total. The summed E-state index contributed by atoms with van der Waals surface area (Å²) in [4.78, 5) is 25.5. The quantitative estimate of drug-likeness (QED) is 0.236. The Morgan fingerprint density at radius 3 is 2.00 bits per heavy atom. The third kappa shape index (κ3) is 3.53. The highest BCUT2D eigenvalue weighted by molar-refractivity contribution is 7.86. The van der Waals surface area contributed by atoms with E-state index in [1.165, 1.54) is 36.4 Å². The van der Waals surface area contributed by atoms with Crippen LogP contribution >= 0.6 is 0 Å². The summed E-state index contributed by atoms with van der Waals surface area (Å²) in [6.45, 7) is 0. The van der Waals surface area contributed by atoms with Gasteiger partial charge in [0.15, 0.2) is 11.6 Å². The molecule has 0 saturated heterocycles. The predicted molar refractivity (Wildman–Crippen MR) is 111 cm³/mol. The van der Waals surface area contributed by atoms with E-state index in [1.54, 1.807) is 12.1 Å². The van der Waals surface area contributed by atoms with Gasteiger partial charge in [0.05, 0.1) is 22.5 Å². The van der Waals surface area contributed by atoms with E-state index in [-0.39, 0.29) is 32.8 Å². The van der Waals surface area contributed by atoms with Crippen molar-refractivity contribution in [2.75, 3.05) is 11.1 Å². The molecular formula is C20H13N2O7S2-. The van der Waals surface area contributed by atoms with Gasteiger partial charge in [-0.3, -0.25) is 18.4 Å². The van der Waals surface area contributed by atoms with Crippen molar-refractivity contribution in [3.05, 3.63) is 76.9 Å². The summed E-state index contributed by atoms with van der Waals surface area (Å²) in [5, 5.41) is 2.81. The molecule has 1 aliphatic rings. The van der Waals surface area contributed by atoms with Crippen molar-refractivity contribution >= 4 is 49.8 Å². The van der Waals surface area contributed by atoms with Gasteiger partial charge in [-0.25, -0.2) is 0 Å². The minimum atomic E-state index is -4.83. The number of carbonyl (C=O) groups is 2. The normalized spacial score (nSPS) is 14.0. The number of benzene rings is 3. The Morgan fingerprint density at radius 2 is 1.48 bits per heavy atom. The zero-order chi connectivity index (χ0) is 22.5. The third-order valence-electron chi connectivity index (χ3n) is 4.80. The highest BCUT2D eigenvalue weighted by Gasteiger charge is 2.36. The van der Waals surface area contributed by atoms with Gasteiger partial charge in [0.2, 0.25) is 0 Å². The van der Waals surface area contributed by atoms with E-state index in [9.17, 15) is 31.3 Å². The van der Waals surface area contributed by atoms with E-state index < -0.39 is 43.3 Å². The van der Waals surface area contributed by atoms with Gasteiger partial charge < -0.3 is 15.6 Å². The second-order valence-electron chi connectivity index (χ2n) is 6.65. The number of carbonyl (C=O) groups excluding carboxylic acids is 2. The topological polar surface area (TPSA) is 167 Å². The average molecular weight is 457 g/mol. The SMILES string of the molecule is Nc1c(S(=O)(=O)O)cc(Nc2ccc(S(=O)[O-])cc2)c2c1C(=O)c1ccccc1C2=O. The first-order chi connectivity index (χ1) is 14.6. The van der Waals surface area contributed by atoms with Gasteiger partial charge in [0, 0.05) is 21.7 Å². The fraction of sp³-hybridized carbons (Fsp3) is 0. The fourth-order valence-electron chi connectivity index (χ4n) is 3.41. The molecule has 3 aromatic carbocycles. The van der Waals surface area contributed by atoms with Crippen LogP contribution in [0.25, 0.3) is 0 Å². The van der Waals surface area contributed by atoms with Gasteiger partial charge in [0.25, 0.3) is 10.1 Å². The van der Waals surface area contributed by atoms with Crippen molar-refractivity contribution in [1.82, 2.24) is 0 Å². The Hall–Kier alpha value is -3.38. The number of fused-ring (bicyclic) bond motifs is 2. The summed E-state index contributed by atoms with van der Waals surface area (Å²) in [5.74, 6) is -1.22. The largest absolute Gasteiger partial charge is 0.768 e. The first-order valence-electron chi connectivity index (χ1n) is 8.68. The third-order valence-corrected chi connectivity index (χ3v) is 6.35. The van der Waals surface area contributed by atoms with Gasteiger partial charge in [-0.2, -0.15) is 8.42 Å². The molecular weight excluding hydrogens is 444 g/mol. The molecule has 0 spiro atoms. The van der Waals surface area contributed by atoms with Crippen molar-refractivity contribution < 1.29 is 31.3 Å². The van der Waals surface area contributed by atoms with Crippen LogP contribution in [-0.2, 0) is 21.2 Å². The van der Waals surface area contributed by atoms with Crippen molar-refractivity contribution in [3.63, 3.8) is 0 Å². The number of anilines is 3. The van der Waals surface area contributed by atoms with Crippen molar-refractivity contribution in [1.29, 1.82) is 0 Å². The van der Waals surface area contributed by atoms with Gasteiger partial charge in [-0.15, -0.1) is 0 Å². The molecule has 4 N–H and O–H groups in total. The molecule has 1 aliphatic carbocycles. The summed E-state index contributed by atoms with van der Waals surface area (Å²) in [6, 6.07) is 12.4. The van der Waals surface area contributed by atoms with Crippen LogP contribution in [0.1, 0.15) is 31.8 Å². The molecule has 0 bridgehead atoms. The lowest BCUT2D eigenvalue weighted by atomic mass is 9.82. The number of rotatable bonds is 4. The molecule has 0 saturated carbocycles. The second-order valence-corrected chi connectivity index (χ2v) is 8.98. The van der Waals surface area contributed by atoms with Crippen LogP contribution in [0.4, 0.5) is 17.1 Å². The summed E-state index contributed by atoms with van der Waals surface area (Å²) in [7, 11) is -4.83. The lowest BCUT2D eigenvalue weighted by Crippen LogP contribution is -2.25. The lowest BCUT2D eigenvalue weighted by molar-refractivity contribution is 0.0980. The molecule has 0 fully saturated rings. The number of nitrogens with two attached hydrogens (primary N) is 1. The number of hydrogen-bond acceptors (Lipinski definition) is 8. The van der Waals surface area contributed by atoms with Crippen LogP contribution in [0.3, 0.4) is 0 Å². The first-order valence-corrected chi connectivity index (χ1v) is 11.2. The van der Waals surface area contributed by atoms with E-state index in [0.29, 0.717) is 5.69 Å². The molecule has 31 heavy (non-hydrogen) atoms. The Balaban J connectivity index is 1.96. The Labute approximate surface area is 178 Å². The molecule has 0 heterocycles. The fourth-order valence-corrected chi connectivity index (χ4v) is 4.42. The van der Waals surface area contributed by atoms with E-state index in [4.69, 9.17) is 5.73 Å². The number of nitrogen functional groups attached to an aromatic ring is 1. The molecule has 11 heteroatoms. The zero-order valence-electron chi connectivity index (χ0n) is 15.5. The van der Waals surface area contributed by atoms with Crippen LogP contribution in [-0.4, -0.2) is 33.3 Å². The molecule has 158 valence electrons. The van der Waals surface area contributed by atoms with Crippen molar-refractivity contribution in [2.24, 2.45) is 0 Å². The minimum Gasteiger partial charge on any atom is -0.768 e. The summed E-state index contributed by atoms with van der Waals surface area (Å²) in [6.07, 6.45) is 0. The summed E-state index contributed by atoms with van der Waals surface area (Å²) >= 11 is -2.44. The van der Waals surface area contributed by atoms with Gasteiger partial charge in [-0.1, -0.05) is 24.3 Å². The molecule has 0 aromatic heterocycles. The van der Waals surface area contributed by atoms with Gasteiger partial charge in [-0.05, 0) is 41.4 Å². The van der Waals surface area contributed by atoms with Crippen molar-refractivity contribution in [2.45, 2.75) is 9.79 Å². The molecule has 1 unspecified atom stereocenters. The van der Waals surface area contributed by atoms with Crippen LogP contribution in [0.15, 0.2) is 64.4 Å². The molecule has 0 aliphatic heterocycles. The van der Waals surface area contributed by atoms with Crippen LogP contribution in [0.2, 0.25) is 0 Å². The van der Waals surface area contributed by atoms with E-state index in [2.05, 4.69) is 5.32 Å². The summed E-state index contributed by atoms with van der Waals surface area (Å²) in [5.41, 5.74) is 5.30. The van der Waals surface area contributed by atoms with Crippen molar-refractivity contribution in [3.8, 4) is 0 Å². The Morgan fingerprint density at radius 1 is 0.935 bits per heavy atom. The molecule has 0 radical (unpaired) electrons. The highest BCUT2D eigenvalue weighted by Crippen LogP contribution is 2.40. The van der Waals surface area contributed by atoms with Gasteiger partial charge >= 0.3 is 0 Å². The zero-order valence-corrected chi connectivity index (χ0v) is 17.1. The molecule has 1 atom stereocenters. The van der Waals surface area contributed by atoms with Crippen LogP contribution in [0, 0.1) is 0 Å². The monoisotopic (exact) mass is 457 g/mol. The Kier molecular flexibility index (Phi) is 4.98. The number of ketones is 2. The van der Waals surface area contributed by atoms with E-state index in [0.717, 1.165) is 6.07 Å². The number of nitrogens with one attached hydrogen (secondary N) is 1. The average Bonchev–Trinajstić information content (AvgIpc) is 2.72. The maximum atomic E-state index is 13.2. The second kappa shape index (κ2) is 7.39. The molecule has 3 aromatic rings. The standard InChI is InChI=1S/C20H14N2O7S2/c21-18-15(31(27,28)29)9-14(22-10-5-7-11(8-6-10)30(25)26)16-17(18)20(24)13-4-2-1-3-12(13)19(16)23/h1-9,22H,21H2,(H,25,26)(H,27,28,29)/p-1. The van der Waals surface area contributed by atoms with E-state index >= 15 is 0 Å². The van der Waals surface area contributed by atoms with Crippen LogP contribution in [0.5, 0.6) is 0 Å². The smallest absolute Gasteiger partial charge is 0.296 e. The van der Waals surface area contributed by atoms with Gasteiger partial charge in [0.1, 0.15) is 4.90 Å². The summed E-state index contributed by atoms with van der Waals surface area (Å²) < 4.78 is 55.4. The van der Waals surface area contributed by atoms with E-state index in [1.807, 2.05) is 0 Å². The maximum Gasteiger partial charge on any atom is 0.296 e. The van der Waals surface area contributed by atoms with Crippen LogP contribution < -0.4 is 11.1 Å². The highest BCUT2D eigenvalue weighted by atomic mass is 32.2. The molecule has 0 amide bonds.